The van der Waals surface area contributed by atoms with Crippen LogP contribution in [0.1, 0.15) is 30.9 Å². The number of methoxy groups -OCH3 is 1. The average molecular weight is 504 g/mol. The second-order valence-electron chi connectivity index (χ2n) is 7.81. The van der Waals surface area contributed by atoms with E-state index in [9.17, 15) is 14.9 Å². The van der Waals surface area contributed by atoms with E-state index in [2.05, 4.69) is 6.07 Å². The number of nitrogens with two attached hydrogens (primary N) is 1. The SMILES string of the molecule is CCOc1ccc(/C=c2\sc3n(c2=O)C(N)=C(C(=O)OC)[C@@H](c2ccc(OCC)cc2)C=3C#N)cc1. The lowest BCUT2D eigenvalue weighted by molar-refractivity contribution is -0.136. The van der Waals surface area contributed by atoms with E-state index < -0.39 is 17.4 Å². The van der Waals surface area contributed by atoms with Gasteiger partial charge in [0.2, 0.25) is 0 Å². The fraction of sp³-hybridized carbons (Fsp3) is 0.222. The molecule has 0 saturated carbocycles. The van der Waals surface area contributed by atoms with Crippen molar-refractivity contribution in [1.82, 2.24) is 4.57 Å². The standard InChI is InChI=1S/C27H25N3O5S/c1-4-34-18-10-6-16(7-11-18)14-21-25(31)30-24(29)23(27(32)33-3)22(20(15-28)26(30)36-21)17-8-12-19(13-9-17)35-5-2/h6-14,22H,4-5,29H2,1-3H3/b21-14-/t22-/m0/s1. The summed E-state index contributed by atoms with van der Waals surface area (Å²) in [5.74, 6) is -0.172. The number of carbonyl (C=O) groups is 1. The Balaban J connectivity index is 1.94. The molecule has 0 amide bonds. The van der Waals surface area contributed by atoms with Crippen molar-refractivity contribution in [2.45, 2.75) is 19.8 Å². The van der Waals surface area contributed by atoms with E-state index in [1.54, 1.807) is 30.3 Å². The van der Waals surface area contributed by atoms with Crippen molar-refractivity contribution in [2.24, 2.45) is 5.73 Å². The van der Waals surface area contributed by atoms with Gasteiger partial charge in [-0.25, -0.2) is 4.79 Å². The van der Waals surface area contributed by atoms with Crippen LogP contribution in [0.2, 0.25) is 0 Å². The molecule has 1 aliphatic rings. The number of rotatable bonds is 7. The van der Waals surface area contributed by atoms with Crippen LogP contribution in [0.25, 0.3) is 17.5 Å². The zero-order valence-electron chi connectivity index (χ0n) is 20.1. The first-order chi connectivity index (χ1) is 17.4. The Hall–Kier alpha value is -4.29. The predicted molar refractivity (Wildman–Crippen MR) is 138 cm³/mol. The molecule has 4 rings (SSSR count). The normalized spacial score (nSPS) is 15.3. The number of ether oxygens (including phenoxy) is 3. The fourth-order valence-corrected chi connectivity index (χ4v) is 5.22. The summed E-state index contributed by atoms with van der Waals surface area (Å²) < 4.78 is 18.0. The first-order valence-corrected chi connectivity index (χ1v) is 12.2. The van der Waals surface area contributed by atoms with Crippen molar-refractivity contribution < 1.29 is 19.0 Å². The third-order valence-electron chi connectivity index (χ3n) is 5.69. The minimum atomic E-state index is -0.797. The van der Waals surface area contributed by atoms with Crippen LogP contribution in [0.4, 0.5) is 0 Å². The van der Waals surface area contributed by atoms with Gasteiger partial charge in [0, 0.05) is 0 Å². The van der Waals surface area contributed by atoms with Crippen LogP contribution >= 0.6 is 11.3 Å². The Morgan fingerprint density at radius 3 is 2.19 bits per heavy atom. The largest absolute Gasteiger partial charge is 0.494 e. The van der Waals surface area contributed by atoms with Crippen molar-refractivity contribution in [3.8, 4) is 17.6 Å². The number of hydrogen-bond acceptors (Lipinski definition) is 8. The predicted octanol–water partition coefficient (Wildman–Crippen LogP) is 2.31. The van der Waals surface area contributed by atoms with Crippen molar-refractivity contribution >= 4 is 34.8 Å². The lowest BCUT2D eigenvalue weighted by Crippen LogP contribution is -2.40. The third-order valence-corrected chi connectivity index (χ3v) is 6.80. The molecule has 36 heavy (non-hydrogen) atoms. The van der Waals surface area contributed by atoms with Gasteiger partial charge < -0.3 is 19.9 Å². The summed E-state index contributed by atoms with van der Waals surface area (Å²) in [6, 6.07) is 16.6. The van der Waals surface area contributed by atoms with Gasteiger partial charge in [0.1, 0.15) is 22.0 Å². The minimum Gasteiger partial charge on any atom is -0.494 e. The van der Waals surface area contributed by atoms with Crippen molar-refractivity contribution in [1.29, 1.82) is 5.26 Å². The van der Waals surface area contributed by atoms with Crippen LogP contribution in [0.5, 0.6) is 11.5 Å². The number of fused-ring (bicyclic) bond motifs is 1. The van der Waals surface area contributed by atoms with E-state index in [0.717, 1.165) is 22.6 Å². The Morgan fingerprint density at radius 2 is 1.67 bits per heavy atom. The van der Waals surface area contributed by atoms with Gasteiger partial charge in [-0.1, -0.05) is 24.3 Å². The molecule has 184 valence electrons. The van der Waals surface area contributed by atoms with Crippen LogP contribution < -0.4 is 30.0 Å². The van der Waals surface area contributed by atoms with Gasteiger partial charge >= 0.3 is 5.97 Å². The molecule has 0 bridgehead atoms. The van der Waals surface area contributed by atoms with Gasteiger partial charge in [0.05, 0.1) is 48.0 Å². The monoisotopic (exact) mass is 503 g/mol. The average Bonchev–Trinajstić information content (AvgIpc) is 3.21. The van der Waals surface area contributed by atoms with Gasteiger partial charge in [-0.3, -0.25) is 9.36 Å². The first kappa shape index (κ1) is 24.8. The molecule has 0 saturated heterocycles. The lowest BCUT2D eigenvalue weighted by Gasteiger charge is -2.24. The van der Waals surface area contributed by atoms with E-state index in [-0.39, 0.29) is 17.0 Å². The summed E-state index contributed by atoms with van der Waals surface area (Å²) in [4.78, 5) is 26.2. The Morgan fingerprint density at radius 1 is 1.08 bits per heavy atom. The quantitative estimate of drug-likeness (QED) is 0.492. The molecule has 1 aromatic heterocycles. The topological polar surface area (TPSA) is 117 Å². The van der Waals surface area contributed by atoms with Crippen LogP contribution in [-0.2, 0) is 9.53 Å². The zero-order valence-corrected chi connectivity index (χ0v) is 20.9. The van der Waals surface area contributed by atoms with E-state index in [4.69, 9.17) is 19.9 Å². The fourth-order valence-electron chi connectivity index (χ4n) is 4.10. The summed E-state index contributed by atoms with van der Waals surface area (Å²) in [6.45, 7) is 4.85. The highest BCUT2D eigenvalue weighted by Crippen LogP contribution is 2.37. The molecule has 1 aliphatic heterocycles. The van der Waals surface area contributed by atoms with Crippen LogP contribution in [0, 0.1) is 11.3 Å². The molecule has 0 radical (unpaired) electrons. The summed E-state index contributed by atoms with van der Waals surface area (Å²) in [6.07, 6.45) is 1.72. The van der Waals surface area contributed by atoms with E-state index >= 15 is 0 Å². The highest BCUT2D eigenvalue weighted by atomic mass is 32.1. The molecule has 2 N–H and O–H groups in total. The molecule has 2 aromatic carbocycles. The van der Waals surface area contributed by atoms with Gasteiger partial charge in [-0.2, -0.15) is 5.26 Å². The molecule has 1 atom stereocenters. The van der Waals surface area contributed by atoms with Crippen LogP contribution in [0.3, 0.4) is 0 Å². The number of aromatic nitrogens is 1. The zero-order chi connectivity index (χ0) is 25.8. The van der Waals surface area contributed by atoms with Crippen molar-refractivity contribution in [2.75, 3.05) is 20.3 Å². The van der Waals surface area contributed by atoms with Crippen LogP contribution in [-0.4, -0.2) is 30.9 Å². The first-order valence-electron chi connectivity index (χ1n) is 11.3. The lowest BCUT2D eigenvalue weighted by atomic mass is 9.84. The summed E-state index contributed by atoms with van der Waals surface area (Å²) >= 11 is 1.15. The molecular weight excluding hydrogens is 478 g/mol. The van der Waals surface area contributed by atoms with Gasteiger partial charge in [0.25, 0.3) is 5.56 Å². The van der Waals surface area contributed by atoms with Gasteiger partial charge in [-0.05, 0) is 55.3 Å². The van der Waals surface area contributed by atoms with E-state index in [1.807, 2.05) is 38.1 Å². The molecule has 0 unspecified atom stereocenters. The number of benzene rings is 2. The highest BCUT2D eigenvalue weighted by Gasteiger charge is 2.36. The molecule has 9 heteroatoms. The maximum atomic E-state index is 13.4. The Kier molecular flexibility index (Phi) is 7.27. The van der Waals surface area contributed by atoms with Crippen molar-refractivity contribution in [3.05, 3.63) is 84.8 Å². The van der Waals surface area contributed by atoms with Crippen LogP contribution in [0.15, 0.2) is 58.9 Å². The minimum absolute atomic E-state index is 0.0400. The summed E-state index contributed by atoms with van der Waals surface area (Å²) in [7, 11) is 1.24. The number of hydrogen-bond donors (Lipinski definition) is 1. The number of carbonyl (C=O) groups excluding carboxylic acids is 1. The third kappa shape index (κ3) is 4.51. The molecule has 0 aliphatic carbocycles. The maximum absolute atomic E-state index is 13.4. The molecule has 0 spiro atoms. The molecular formula is C27H25N3O5S. The number of thiazole rings is 1. The maximum Gasteiger partial charge on any atom is 0.338 e. The number of nitriles is 1. The molecule has 0 fully saturated rings. The second-order valence-corrected chi connectivity index (χ2v) is 8.84. The summed E-state index contributed by atoms with van der Waals surface area (Å²) in [5, 5.41) is 10.2. The second kappa shape index (κ2) is 10.5. The number of nitrogens with zero attached hydrogens (tertiary/aromatic N) is 2. The van der Waals surface area contributed by atoms with E-state index in [1.165, 1.54) is 11.7 Å². The molecule has 8 nitrogen and oxygen atoms in total. The van der Waals surface area contributed by atoms with Gasteiger partial charge in [0.15, 0.2) is 0 Å². The van der Waals surface area contributed by atoms with Gasteiger partial charge in [-0.15, -0.1) is 11.3 Å². The van der Waals surface area contributed by atoms with Crippen molar-refractivity contribution in [3.63, 3.8) is 0 Å². The smallest absolute Gasteiger partial charge is 0.338 e. The Bertz CT molecular complexity index is 1540. The van der Waals surface area contributed by atoms with E-state index in [0.29, 0.717) is 33.7 Å². The summed E-state index contributed by atoms with van der Waals surface area (Å²) in [5.41, 5.74) is 7.72. The highest BCUT2D eigenvalue weighted by molar-refractivity contribution is 7.07. The molecule has 3 aromatic rings. The number of esters is 1. The Labute approximate surface area is 211 Å². The molecule has 2 heterocycles.